The highest BCUT2D eigenvalue weighted by atomic mass is 16.5. The molecule has 0 spiro atoms. The van der Waals surface area contributed by atoms with Crippen molar-refractivity contribution < 1.29 is 14.3 Å². The lowest BCUT2D eigenvalue weighted by Gasteiger charge is -2.39. The minimum absolute atomic E-state index is 0.0494. The summed E-state index contributed by atoms with van der Waals surface area (Å²) < 4.78 is 11.2. The molecule has 0 aliphatic carbocycles. The molecule has 0 radical (unpaired) electrons. The SMILES string of the molecule is CC(C)CCOC(C)(C)CC(C)(C)CC(C)(C)OC=O. The monoisotopic (exact) mass is 286 g/mol. The molecule has 0 bridgehead atoms. The molecule has 0 saturated heterocycles. The van der Waals surface area contributed by atoms with Gasteiger partial charge >= 0.3 is 0 Å². The summed E-state index contributed by atoms with van der Waals surface area (Å²) in [7, 11) is 0. The Labute approximate surface area is 125 Å². The Morgan fingerprint density at radius 1 is 0.950 bits per heavy atom. The first-order chi connectivity index (χ1) is 8.89. The van der Waals surface area contributed by atoms with Gasteiger partial charge in [0.25, 0.3) is 6.47 Å². The predicted molar refractivity (Wildman–Crippen MR) is 83.7 cm³/mol. The Hall–Kier alpha value is -0.570. The van der Waals surface area contributed by atoms with Crippen LogP contribution >= 0.6 is 0 Å². The first-order valence-electron chi connectivity index (χ1n) is 7.65. The van der Waals surface area contributed by atoms with E-state index in [4.69, 9.17) is 9.47 Å². The Kier molecular flexibility index (Phi) is 7.23. The highest BCUT2D eigenvalue weighted by molar-refractivity contribution is 5.38. The molecule has 0 heterocycles. The van der Waals surface area contributed by atoms with Gasteiger partial charge < -0.3 is 9.47 Å². The van der Waals surface area contributed by atoms with Gasteiger partial charge in [-0.05, 0) is 58.3 Å². The van der Waals surface area contributed by atoms with Crippen molar-refractivity contribution in [3.8, 4) is 0 Å². The fourth-order valence-electron chi connectivity index (χ4n) is 3.16. The lowest BCUT2D eigenvalue weighted by molar-refractivity contribution is -0.144. The summed E-state index contributed by atoms with van der Waals surface area (Å²) >= 11 is 0. The molecule has 0 atom stereocenters. The van der Waals surface area contributed by atoms with Gasteiger partial charge in [-0.1, -0.05) is 27.7 Å². The molecule has 0 aromatic rings. The van der Waals surface area contributed by atoms with E-state index in [-0.39, 0.29) is 11.0 Å². The maximum atomic E-state index is 10.5. The minimum atomic E-state index is -0.431. The average molecular weight is 286 g/mol. The third-order valence-corrected chi connectivity index (χ3v) is 3.36. The number of carbonyl (C=O) groups excluding carboxylic acids is 1. The molecule has 0 aliphatic rings. The predicted octanol–water partition coefficient (Wildman–Crippen LogP) is 4.59. The van der Waals surface area contributed by atoms with E-state index in [9.17, 15) is 4.79 Å². The fourth-order valence-corrected chi connectivity index (χ4v) is 3.16. The Balaban J connectivity index is 4.45. The second-order valence-corrected chi connectivity index (χ2v) is 8.28. The molecule has 120 valence electrons. The number of ether oxygens (including phenoxy) is 2. The van der Waals surface area contributed by atoms with Crippen molar-refractivity contribution in [3.63, 3.8) is 0 Å². The molecule has 0 amide bonds. The van der Waals surface area contributed by atoms with Crippen LogP contribution in [0, 0.1) is 11.3 Å². The number of rotatable bonds is 10. The van der Waals surface area contributed by atoms with Crippen LogP contribution < -0.4 is 0 Å². The van der Waals surface area contributed by atoms with Gasteiger partial charge in [-0.25, -0.2) is 0 Å². The van der Waals surface area contributed by atoms with Gasteiger partial charge in [-0.15, -0.1) is 0 Å². The molecule has 0 fully saturated rings. The Morgan fingerprint density at radius 2 is 1.45 bits per heavy atom. The highest BCUT2D eigenvalue weighted by Gasteiger charge is 2.35. The van der Waals surface area contributed by atoms with Crippen molar-refractivity contribution in [2.45, 2.75) is 85.9 Å². The van der Waals surface area contributed by atoms with Crippen molar-refractivity contribution in [1.82, 2.24) is 0 Å². The normalized spacial score (nSPS) is 13.7. The number of hydrogen-bond acceptors (Lipinski definition) is 3. The molecule has 0 unspecified atom stereocenters. The standard InChI is InChI=1S/C17H34O3/c1-14(2)9-10-19-16(5,6)11-15(3,4)12-17(7,8)20-13-18/h13-14H,9-12H2,1-8H3. The van der Waals surface area contributed by atoms with Gasteiger partial charge in [0, 0.05) is 6.61 Å². The zero-order chi connectivity index (χ0) is 16.0. The average Bonchev–Trinajstić information content (AvgIpc) is 2.10. The quantitative estimate of drug-likeness (QED) is 0.551. The van der Waals surface area contributed by atoms with Crippen molar-refractivity contribution >= 4 is 6.47 Å². The fraction of sp³-hybridized carbons (Fsp3) is 0.941. The third kappa shape index (κ3) is 9.35. The first kappa shape index (κ1) is 19.4. The summed E-state index contributed by atoms with van der Waals surface area (Å²) in [4.78, 5) is 10.5. The largest absolute Gasteiger partial charge is 0.462 e. The second-order valence-electron chi connectivity index (χ2n) is 8.28. The number of hydrogen-bond donors (Lipinski definition) is 0. The van der Waals surface area contributed by atoms with Crippen molar-refractivity contribution in [1.29, 1.82) is 0 Å². The van der Waals surface area contributed by atoms with Gasteiger partial charge in [0.1, 0.15) is 5.60 Å². The third-order valence-electron chi connectivity index (χ3n) is 3.36. The van der Waals surface area contributed by atoms with Crippen molar-refractivity contribution in [2.75, 3.05) is 6.61 Å². The summed E-state index contributed by atoms with van der Waals surface area (Å²) in [5.74, 6) is 0.665. The topological polar surface area (TPSA) is 35.5 Å². The van der Waals surface area contributed by atoms with Crippen LogP contribution in [0.1, 0.15) is 74.7 Å². The van der Waals surface area contributed by atoms with E-state index < -0.39 is 5.60 Å². The first-order valence-corrected chi connectivity index (χ1v) is 7.65. The van der Waals surface area contributed by atoms with Crippen LogP contribution in [0.2, 0.25) is 0 Å². The van der Waals surface area contributed by atoms with Crippen LogP contribution in [0.3, 0.4) is 0 Å². The van der Waals surface area contributed by atoms with Gasteiger partial charge in [0.15, 0.2) is 0 Å². The van der Waals surface area contributed by atoms with E-state index in [1.54, 1.807) is 0 Å². The minimum Gasteiger partial charge on any atom is -0.462 e. The van der Waals surface area contributed by atoms with E-state index in [0.717, 1.165) is 25.9 Å². The van der Waals surface area contributed by atoms with Crippen LogP contribution in [0.15, 0.2) is 0 Å². The summed E-state index contributed by atoms with van der Waals surface area (Å²) in [6, 6.07) is 0. The van der Waals surface area contributed by atoms with Gasteiger partial charge in [0.2, 0.25) is 0 Å². The van der Waals surface area contributed by atoms with Gasteiger partial charge in [-0.2, -0.15) is 0 Å². The van der Waals surface area contributed by atoms with Gasteiger partial charge in [0.05, 0.1) is 5.60 Å². The zero-order valence-electron chi connectivity index (χ0n) is 14.7. The van der Waals surface area contributed by atoms with E-state index in [2.05, 4.69) is 41.5 Å². The maximum absolute atomic E-state index is 10.5. The van der Waals surface area contributed by atoms with Crippen LogP contribution in [0.25, 0.3) is 0 Å². The second kappa shape index (κ2) is 7.44. The van der Waals surface area contributed by atoms with Crippen molar-refractivity contribution in [3.05, 3.63) is 0 Å². The molecule has 0 aliphatic heterocycles. The van der Waals surface area contributed by atoms with Crippen LogP contribution in [-0.4, -0.2) is 24.3 Å². The summed E-state index contributed by atoms with van der Waals surface area (Å²) in [6.07, 6.45) is 2.84. The summed E-state index contributed by atoms with van der Waals surface area (Å²) in [6.45, 7) is 18.4. The van der Waals surface area contributed by atoms with E-state index in [1.807, 2.05) is 13.8 Å². The molecular weight excluding hydrogens is 252 g/mol. The van der Waals surface area contributed by atoms with Crippen LogP contribution in [0.4, 0.5) is 0 Å². The highest BCUT2D eigenvalue weighted by Crippen LogP contribution is 2.38. The molecule has 0 saturated carbocycles. The molecule has 3 heteroatoms. The lowest BCUT2D eigenvalue weighted by atomic mass is 9.74. The van der Waals surface area contributed by atoms with Crippen molar-refractivity contribution in [2.24, 2.45) is 11.3 Å². The lowest BCUT2D eigenvalue weighted by Crippen LogP contribution is -2.37. The molecule has 0 aromatic heterocycles. The van der Waals surface area contributed by atoms with E-state index in [1.165, 1.54) is 0 Å². The van der Waals surface area contributed by atoms with Gasteiger partial charge in [-0.3, -0.25) is 4.79 Å². The molecule has 0 rings (SSSR count). The number of carbonyl (C=O) groups is 1. The molecule has 0 aromatic carbocycles. The molecular formula is C17H34O3. The van der Waals surface area contributed by atoms with Crippen LogP contribution in [-0.2, 0) is 14.3 Å². The van der Waals surface area contributed by atoms with Crippen LogP contribution in [0.5, 0.6) is 0 Å². The zero-order valence-corrected chi connectivity index (χ0v) is 14.7. The summed E-state index contributed by atoms with van der Waals surface area (Å²) in [5, 5.41) is 0. The van der Waals surface area contributed by atoms with E-state index >= 15 is 0 Å². The molecule has 0 N–H and O–H groups in total. The smallest absolute Gasteiger partial charge is 0.293 e. The Bertz CT molecular complexity index is 291. The van der Waals surface area contributed by atoms with E-state index in [0.29, 0.717) is 12.4 Å². The molecule has 3 nitrogen and oxygen atoms in total. The maximum Gasteiger partial charge on any atom is 0.293 e. The molecule has 20 heavy (non-hydrogen) atoms. The Morgan fingerprint density at radius 3 is 1.90 bits per heavy atom. The summed E-state index contributed by atoms with van der Waals surface area (Å²) in [5.41, 5.74) is -0.539.